The number of halogens is 1. The zero-order valence-corrected chi connectivity index (χ0v) is 10.7. The summed E-state index contributed by atoms with van der Waals surface area (Å²) in [6.07, 6.45) is 1.58. The number of para-hydroxylation sites is 1. The summed E-state index contributed by atoms with van der Waals surface area (Å²) >= 11 is 0. The molecule has 0 aliphatic carbocycles. The van der Waals surface area contributed by atoms with Crippen LogP contribution in [0.5, 0.6) is 0 Å². The zero-order chi connectivity index (χ0) is 13.0. The number of rotatable bonds is 3. The monoisotopic (exact) mass is 250 g/mol. The van der Waals surface area contributed by atoms with E-state index in [2.05, 4.69) is 5.32 Å². The minimum Gasteiger partial charge on any atom is -0.369 e. The van der Waals surface area contributed by atoms with Gasteiger partial charge in [0.15, 0.2) is 0 Å². The molecular weight excluding hydrogens is 231 g/mol. The van der Waals surface area contributed by atoms with Crippen LogP contribution in [0.1, 0.15) is 19.8 Å². The Labute approximate surface area is 107 Å². The second kappa shape index (κ2) is 5.85. The van der Waals surface area contributed by atoms with Crippen molar-refractivity contribution in [1.29, 1.82) is 0 Å². The van der Waals surface area contributed by atoms with Crippen LogP contribution in [0.4, 0.5) is 10.1 Å². The fourth-order valence-corrected chi connectivity index (χ4v) is 2.41. The van der Waals surface area contributed by atoms with Crippen LogP contribution in [0.3, 0.4) is 0 Å². The topological polar surface area (TPSA) is 32.3 Å². The molecule has 0 aromatic heterocycles. The van der Waals surface area contributed by atoms with Gasteiger partial charge in [0.2, 0.25) is 5.91 Å². The summed E-state index contributed by atoms with van der Waals surface area (Å²) in [5.41, 5.74) is 0.645. The lowest BCUT2D eigenvalue weighted by Gasteiger charge is -2.33. The van der Waals surface area contributed by atoms with Crippen molar-refractivity contribution in [3.63, 3.8) is 0 Å². The Morgan fingerprint density at radius 1 is 1.39 bits per heavy atom. The highest BCUT2D eigenvalue weighted by molar-refractivity contribution is 5.78. The van der Waals surface area contributed by atoms with Crippen molar-refractivity contribution in [1.82, 2.24) is 5.32 Å². The lowest BCUT2D eigenvalue weighted by molar-refractivity contribution is -0.125. The van der Waals surface area contributed by atoms with Gasteiger partial charge in [0.25, 0.3) is 0 Å². The van der Waals surface area contributed by atoms with Gasteiger partial charge in [0.1, 0.15) is 5.82 Å². The molecule has 1 aliphatic rings. The van der Waals surface area contributed by atoms with Crippen LogP contribution < -0.4 is 10.2 Å². The van der Waals surface area contributed by atoms with E-state index in [1.807, 2.05) is 17.9 Å². The number of carbonyl (C=O) groups excluding carboxylic acids is 1. The molecule has 3 nitrogen and oxygen atoms in total. The molecule has 1 heterocycles. The van der Waals surface area contributed by atoms with Crippen molar-refractivity contribution in [3.8, 4) is 0 Å². The van der Waals surface area contributed by atoms with Gasteiger partial charge in [-0.3, -0.25) is 4.79 Å². The molecule has 0 unspecified atom stereocenters. The fourth-order valence-electron chi connectivity index (χ4n) is 2.41. The minimum absolute atomic E-state index is 0.0768. The first-order valence-corrected chi connectivity index (χ1v) is 6.49. The molecule has 0 radical (unpaired) electrons. The molecule has 18 heavy (non-hydrogen) atoms. The molecular formula is C14H19FN2O. The number of amides is 1. The number of nitrogens with one attached hydrogen (secondary N) is 1. The molecule has 1 fully saturated rings. The standard InChI is InChI=1S/C14H19FN2O/c1-2-16-14(18)11-7-9-17(10-8-11)13-6-4-3-5-12(13)15/h3-6,11H,2,7-10H2,1H3,(H,16,18). The molecule has 4 heteroatoms. The predicted molar refractivity (Wildman–Crippen MR) is 70.0 cm³/mol. The number of benzene rings is 1. The summed E-state index contributed by atoms with van der Waals surface area (Å²) in [4.78, 5) is 13.7. The molecule has 0 spiro atoms. The van der Waals surface area contributed by atoms with Gasteiger partial charge in [-0.15, -0.1) is 0 Å². The Hall–Kier alpha value is -1.58. The van der Waals surface area contributed by atoms with Crippen LogP contribution in [0.2, 0.25) is 0 Å². The molecule has 1 aliphatic heterocycles. The highest BCUT2D eigenvalue weighted by atomic mass is 19.1. The third kappa shape index (κ3) is 2.81. The van der Waals surface area contributed by atoms with E-state index < -0.39 is 0 Å². The Kier molecular flexibility index (Phi) is 4.18. The Balaban J connectivity index is 1.95. The van der Waals surface area contributed by atoms with Gasteiger partial charge in [0.05, 0.1) is 5.69 Å². The van der Waals surface area contributed by atoms with E-state index >= 15 is 0 Å². The smallest absolute Gasteiger partial charge is 0.223 e. The molecule has 1 amide bonds. The number of piperidine rings is 1. The highest BCUT2D eigenvalue weighted by Crippen LogP contribution is 2.25. The van der Waals surface area contributed by atoms with Crippen molar-refractivity contribution in [2.75, 3.05) is 24.5 Å². The van der Waals surface area contributed by atoms with Crippen molar-refractivity contribution in [2.24, 2.45) is 5.92 Å². The number of hydrogen-bond acceptors (Lipinski definition) is 2. The van der Waals surface area contributed by atoms with Gasteiger partial charge in [-0.1, -0.05) is 12.1 Å². The maximum Gasteiger partial charge on any atom is 0.223 e. The Bertz CT molecular complexity index is 414. The Morgan fingerprint density at radius 2 is 2.06 bits per heavy atom. The quantitative estimate of drug-likeness (QED) is 0.891. The van der Waals surface area contributed by atoms with Crippen molar-refractivity contribution in [3.05, 3.63) is 30.1 Å². The maximum absolute atomic E-state index is 13.6. The van der Waals surface area contributed by atoms with E-state index in [-0.39, 0.29) is 17.6 Å². The molecule has 0 bridgehead atoms. The van der Waals surface area contributed by atoms with Gasteiger partial charge < -0.3 is 10.2 Å². The maximum atomic E-state index is 13.6. The number of nitrogens with zero attached hydrogens (tertiary/aromatic N) is 1. The Morgan fingerprint density at radius 3 is 2.67 bits per heavy atom. The van der Waals surface area contributed by atoms with E-state index in [0.717, 1.165) is 25.9 Å². The molecule has 98 valence electrons. The molecule has 1 N–H and O–H groups in total. The van der Waals surface area contributed by atoms with Crippen molar-refractivity contribution in [2.45, 2.75) is 19.8 Å². The number of anilines is 1. The molecule has 1 saturated heterocycles. The largest absolute Gasteiger partial charge is 0.369 e. The number of carbonyl (C=O) groups is 1. The summed E-state index contributed by atoms with van der Waals surface area (Å²) < 4.78 is 13.6. The average Bonchev–Trinajstić information content (AvgIpc) is 2.40. The first-order valence-electron chi connectivity index (χ1n) is 6.49. The average molecular weight is 250 g/mol. The summed E-state index contributed by atoms with van der Waals surface area (Å²) in [6.45, 7) is 4.07. The zero-order valence-electron chi connectivity index (χ0n) is 10.7. The molecule has 1 aromatic rings. The van der Waals surface area contributed by atoms with Crippen LogP contribution >= 0.6 is 0 Å². The van der Waals surface area contributed by atoms with Crippen molar-refractivity contribution < 1.29 is 9.18 Å². The van der Waals surface area contributed by atoms with E-state index in [0.29, 0.717) is 12.2 Å². The normalized spacial score (nSPS) is 16.7. The molecule has 0 saturated carbocycles. The first kappa shape index (κ1) is 12.9. The second-order valence-corrected chi connectivity index (χ2v) is 4.61. The fraction of sp³-hybridized carbons (Fsp3) is 0.500. The van der Waals surface area contributed by atoms with Crippen LogP contribution in [0.15, 0.2) is 24.3 Å². The van der Waals surface area contributed by atoms with Crippen molar-refractivity contribution >= 4 is 11.6 Å². The SMILES string of the molecule is CCNC(=O)C1CCN(c2ccccc2F)CC1. The van der Waals surface area contributed by atoms with Crippen LogP contribution in [-0.4, -0.2) is 25.5 Å². The van der Waals surface area contributed by atoms with E-state index in [1.54, 1.807) is 12.1 Å². The predicted octanol–water partition coefficient (Wildman–Crippen LogP) is 2.18. The summed E-state index contributed by atoms with van der Waals surface area (Å²) in [5.74, 6) is 0.0209. The van der Waals surface area contributed by atoms with Crippen LogP contribution in [-0.2, 0) is 4.79 Å². The molecule has 1 aromatic carbocycles. The van der Waals surface area contributed by atoms with E-state index in [1.165, 1.54) is 6.07 Å². The summed E-state index contributed by atoms with van der Waals surface area (Å²) in [5, 5.41) is 2.85. The van der Waals surface area contributed by atoms with Gasteiger partial charge >= 0.3 is 0 Å². The third-order valence-electron chi connectivity index (χ3n) is 3.41. The van der Waals surface area contributed by atoms with Crippen LogP contribution in [0.25, 0.3) is 0 Å². The minimum atomic E-state index is -0.186. The van der Waals surface area contributed by atoms with Gasteiger partial charge in [-0.05, 0) is 31.9 Å². The van der Waals surface area contributed by atoms with Gasteiger partial charge in [-0.2, -0.15) is 0 Å². The lowest BCUT2D eigenvalue weighted by Crippen LogP contribution is -2.40. The summed E-state index contributed by atoms with van der Waals surface area (Å²) in [7, 11) is 0. The molecule has 0 atom stereocenters. The third-order valence-corrected chi connectivity index (χ3v) is 3.41. The summed E-state index contributed by atoms with van der Waals surface area (Å²) in [6, 6.07) is 6.81. The molecule has 2 rings (SSSR count). The van der Waals surface area contributed by atoms with Gasteiger partial charge in [0, 0.05) is 25.6 Å². The van der Waals surface area contributed by atoms with E-state index in [4.69, 9.17) is 0 Å². The van der Waals surface area contributed by atoms with Gasteiger partial charge in [-0.25, -0.2) is 4.39 Å². The second-order valence-electron chi connectivity index (χ2n) is 4.61. The first-order chi connectivity index (χ1) is 8.72. The van der Waals surface area contributed by atoms with E-state index in [9.17, 15) is 9.18 Å². The number of hydrogen-bond donors (Lipinski definition) is 1. The lowest BCUT2D eigenvalue weighted by atomic mass is 9.95. The highest BCUT2D eigenvalue weighted by Gasteiger charge is 2.25. The van der Waals surface area contributed by atoms with Crippen LogP contribution in [0, 0.1) is 11.7 Å².